The molecule has 0 bridgehead atoms. The Kier molecular flexibility index (Phi) is 3.93. The molecule has 0 saturated carbocycles. The Labute approximate surface area is 96.5 Å². The van der Waals surface area contributed by atoms with Crippen LogP contribution in [0.2, 0.25) is 0 Å². The molecule has 2 N–H and O–H groups in total. The number of carbonyl (C=O) groups is 1. The van der Waals surface area contributed by atoms with Crippen LogP contribution in [0.3, 0.4) is 0 Å². The van der Waals surface area contributed by atoms with Gasteiger partial charge in [0.15, 0.2) is 0 Å². The highest BCUT2D eigenvalue weighted by atomic mass is 16.3. The van der Waals surface area contributed by atoms with Gasteiger partial charge in [0.05, 0.1) is 6.42 Å². The highest BCUT2D eigenvalue weighted by Crippen LogP contribution is 2.12. The summed E-state index contributed by atoms with van der Waals surface area (Å²) < 4.78 is 0. The van der Waals surface area contributed by atoms with Crippen LogP contribution in [-0.2, 0) is 11.2 Å². The Morgan fingerprint density at radius 1 is 1.44 bits per heavy atom. The normalized spacial score (nSPS) is 11.2. The quantitative estimate of drug-likeness (QED) is 0.819. The first kappa shape index (κ1) is 12.6. The zero-order chi connectivity index (χ0) is 12.2. The summed E-state index contributed by atoms with van der Waals surface area (Å²) in [6.45, 7) is 6.02. The molecule has 1 rings (SSSR count). The Balaban J connectivity index is 2.59. The van der Waals surface area contributed by atoms with E-state index in [0.29, 0.717) is 6.42 Å². The van der Waals surface area contributed by atoms with Gasteiger partial charge in [-0.3, -0.25) is 4.79 Å². The summed E-state index contributed by atoms with van der Waals surface area (Å²) in [5, 5.41) is 12.2. The summed E-state index contributed by atoms with van der Waals surface area (Å²) in [5.41, 5.74) is 0.651. The van der Waals surface area contributed by atoms with Crippen LogP contribution in [0, 0.1) is 0 Å². The average molecular weight is 221 g/mol. The number of nitrogens with one attached hydrogen (secondary N) is 1. The average Bonchev–Trinajstić information content (AvgIpc) is 2.16. The third kappa shape index (κ3) is 3.93. The molecule has 16 heavy (non-hydrogen) atoms. The van der Waals surface area contributed by atoms with Crippen molar-refractivity contribution in [3.05, 3.63) is 29.8 Å². The molecule has 0 aliphatic rings. The fourth-order valence-electron chi connectivity index (χ4n) is 1.36. The summed E-state index contributed by atoms with van der Waals surface area (Å²) in [6, 6.07) is 6.77. The number of amides is 1. The highest BCUT2D eigenvalue weighted by Gasteiger charge is 2.17. The first-order valence-corrected chi connectivity index (χ1v) is 5.52. The van der Waals surface area contributed by atoms with E-state index < -0.39 is 0 Å². The largest absolute Gasteiger partial charge is 0.508 e. The minimum Gasteiger partial charge on any atom is -0.508 e. The van der Waals surface area contributed by atoms with Gasteiger partial charge in [0, 0.05) is 5.54 Å². The van der Waals surface area contributed by atoms with Gasteiger partial charge in [0.2, 0.25) is 5.91 Å². The van der Waals surface area contributed by atoms with E-state index in [2.05, 4.69) is 5.32 Å². The zero-order valence-corrected chi connectivity index (χ0v) is 10.1. The number of phenolic OH excluding ortho intramolecular Hbond substituents is 1. The number of carbonyl (C=O) groups excluding carboxylic acids is 1. The van der Waals surface area contributed by atoms with Gasteiger partial charge in [-0.25, -0.2) is 0 Å². The van der Waals surface area contributed by atoms with Crippen LogP contribution in [-0.4, -0.2) is 16.6 Å². The molecule has 0 heterocycles. The van der Waals surface area contributed by atoms with E-state index in [4.69, 9.17) is 0 Å². The Hall–Kier alpha value is -1.51. The number of rotatable bonds is 4. The SMILES string of the molecule is CCC(C)(C)NC(=O)Cc1cccc(O)c1. The summed E-state index contributed by atoms with van der Waals surface area (Å²) in [5.74, 6) is 0.178. The van der Waals surface area contributed by atoms with E-state index >= 15 is 0 Å². The molecule has 0 aromatic heterocycles. The van der Waals surface area contributed by atoms with Crippen LogP contribution in [0.4, 0.5) is 0 Å². The number of phenols is 1. The van der Waals surface area contributed by atoms with Gasteiger partial charge in [-0.2, -0.15) is 0 Å². The Bertz CT molecular complexity index is 372. The molecule has 1 amide bonds. The maximum Gasteiger partial charge on any atom is 0.224 e. The monoisotopic (exact) mass is 221 g/mol. The molecule has 88 valence electrons. The van der Waals surface area contributed by atoms with Crippen molar-refractivity contribution in [2.24, 2.45) is 0 Å². The van der Waals surface area contributed by atoms with Crippen molar-refractivity contribution in [3.63, 3.8) is 0 Å². The van der Waals surface area contributed by atoms with Crippen LogP contribution >= 0.6 is 0 Å². The molecule has 0 unspecified atom stereocenters. The number of hydrogen-bond donors (Lipinski definition) is 2. The lowest BCUT2D eigenvalue weighted by Gasteiger charge is -2.24. The molecule has 1 aromatic rings. The molecule has 0 aliphatic heterocycles. The Morgan fingerprint density at radius 3 is 2.69 bits per heavy atom. The van der Waals surface area contributed by atoms with Crippen molar-refractivity contribution >= 4 is 5.91 Å². The summed E-state index contributed by atoms with van der Waals surface area (Å²) in [6.07, 6.45) is 1.19. The predicted octanol–water partition coefficient (Wildman–Crippen LogP) is 2.24. The van der Waals surface area contributed by atoms with Gasteiger partial charge in [-0.05, 0) is 38.0 Å². The van der Waals surface area contributed by atoms with Crippen molar-refractivity contribution in [3.8, 4) is 5.75 Å². The predicted molar refractivity (Wildman–Crippen MR) is 64.3 cm³/mol. The van der Waals surface area contributed by atoms with Gasteiger partial charge in [0.1, 0.15) is 5.75 Å². The van der Waals surface area contributed by atoms with Crippen molar-refractivity contribution in [2.45, 2.75) is 39.2 Å². The minimum absolute atomic E-state index is 0.0162. The standard InChI is InChI=1S/C13H19NO2/c1-4-13(2,3)14-12(16)9-10-6-5-7-11(15)8-10/h5-8,15H,4,9H2,1-3H3,(H,14,16). The lowest BCUT2D eigenvalue weighted by molar-refractivity contribution is -0.122. The molecule has 3 nitrogen and oxygen atoms in total. The van der Waals surface area contributed by atoms with Gasteiger partial charge in [0.25, 0.3) is 0 Å². The van der Waals surface area contributed by atoms with Crippen molar-refractivity contribution < 1.29 is 9.90 Å². The molecular formula is C13H19NO2. The minimum atomic E-state index is -0.173. The second-order valence-electron chi connectivity index (χ2n) is 4.63. The zero-order valence-electron chi connectivity index (χ0n) is 10.1. The molecule has 0 spiro atoms. The van der Waals surface area contributed by atoms with Gasteiger partial charge in [-0.15, -0.1) is 0 Å². The summed E-state index contributed by atoms with van der Waals surface area (Å²) in [4.78, 5) is 11.7. The molecule has 1 aromatic carbocycles. The maximum atomic E-state index is 11.7. The molecule has 0 aliphatic carbocycles. The molecule has 3 heteroatoms. The first-order chi connectivity index (χ1) is 7.43. The number of benzene rings is 1. The third-order valence-electron chi connectivity index (χ3n) is 2.64. The van der Waals surface area contributed by atoms with Crippen LogP contribution in [0.1, 0.15) is 32.8 Å². The maximum absolute atomic E-state index is 11.7. The smallest absolute Gasteiger partial charge is 0.224 e. The van der Waals surface area contributed by atoms with Crippen LogP contribution in [0.5, 0.6) is 5.75 Å². The number of hydrogen-bond acceptors (Lipinski definition) is 2. The lowest BCUT2D eigenvalue weighted by Crippen LogP contribution is -2.43. The van der Waals surface area contributed by atoms with Crippen LogP contribution in [0.25, 0.3) is 0 Å². The van der Waals surface area contributed by atoms with E-state index in [-0.39, 0.29) is 17.2 Å². The van der Waals surface area contributed by atoms with Crippen LogP contribution < -0.4 is 5.32 Å². The second kappa shape index (κ2) is 5.01. The van der Waals surface area contributed by atoms with E-state index in [0.717, 1.165) is 12.0 Å². The third-order valence-corrected chi connectivity index (χ3v) is 2.64. The fourth-order valence-corrected chi connectivity index (χ4v) is 1.36. The van der Waals surface area contributed by atoms with Crippen LogP contribution in [0.15, 0.2) is 24.3 Å². The summed E-state index contributed by atoms with van der Waals surface area (Å²) >= 11 is 0. The van der Waals surface area contributed by atoms with Gasteiger partial charge < -0.3 is 10.4 Å². The molecule has 0 atom stereocenters. The van der Waals surface area contributed by atoms with Gasteiger partial charge >= 0.3 is 0 Å². The second-order valence-corrected chi connectivity index (χ2v) is 4.63. The van der Waals surface area contributed by atoms with E-state index in [1.807, 2.05) is 26.8 Å². The highest BCUT2D eigenvalue weighted by molar-refractivity contribution is 5.79. The van der Waals surface area contributed by atoms with E-state index in [1.54, 1.807) is 18.2 Å². The van der Waals surface area contributed by atoms with Crippen molar-refractivity contribution in [1.29, 1.82) is 0 Å². The molecular weight excluding hydrogens is 202 g/mol. The first-order valence-electron chi connectivity index (χ1n) is 5.52. The topological polar surface area (TPSA) is 49.3 Å². The van der Waals surface area contributed by atoms with E-state index in [1.165, 1.54) is 0 Å². The fraction of sp³-hybridized carbons (Fsp3) is 0.462. The van der Waals surface area contributed by atoms with Gasteiger partial charge in [-0.1, -0.05) is 19.1 Å². The van der Waals surface area contributed by atoms with Crippen molar-refractivity contribution in [1.82, 2.24) is 5.32 Å². The molecule has 0 saturated heterocycles. The van der Waals surface area contributed by atoms with E-state index in [9.17, 15) is 9.90 Å². The Morgan fingerprint density at radius 2 is 2.12 bits per heavy atom. The lowest BCUT2D eigenvalue weighted by atomic mass is 10.0. The summed E-state index contributed by atoms with van der Waals surface area (Å²) in [7, 11) is 0. The molecule has 0 fully saturated rings. The number of aromatic hydroxyl groups is 1. The molecule has 0 radical (unpaired) electrons. The van der Waals surface area contributed by atoms with Crippen molar-refractivity contribution in [2.75, 3.05) is 0 Å².